The van der Waals surface area contributed by atoms with Crippen LogP contribution in [0.25, 0.3) is 10.8 Å². The minimum absolute atomic E-state index is 0.0861. The molecular weight excluding hydrogens is 514 g/mol. The van der Waals surface area contributed by atoms with Crippen LogP contribution >= 0.6 is 0 Å². The summed E-state index contributed by atoms with van der Waals surface area (Å²) in [5.74, 6) is -0.286. The number of hydrogen-bond donors (Lipinski definition) is 1. The van der Waals surface area contributed by atoms with Crippen LogP contribution in [0.4, 0.5) is 4.79 Å². The minimum Gasteiger partial charge on any atom is -0.488 e. The van der Waals surface area contributed by atoms with Gasteiger partial charge in [0.2, 0.25) is 0 Å². The fourth-order valence-corrected chi connectivity index (χ4v) is 5.72. The van der Waals surface area contributed by atoms with E-state index >= 15 is 0 Å². The summed E-state index contributed by atoms with van der Waals surface area (Å²) in [5.41, 5.74) is 3.31. The summed E-state index contributed by atoms with van der Waals surface area (Å²) < 4.78 is 12.4. The van der Waals surface area contributed by atoms with Gasteiger partial charge in [-0.1, -0.05) is 72.8 Å². The Kier molecular flexibility index (Phi) is 7.76. The van der Waals surface area contributed by atoms with E-state index < -0.39 is 17.7 Å². The standard InChI is InChI=1S/C35H37NO5/c1-22-17-18-25(19-30(22)33(37)38)31-20-26(40-32-16-9-8-14-29(31)32)21-36(34(39)41-35(3,4)5)23(2)27-15-10-12-24-11-6-7-13-28(24)27/h6-19,23,26,31H,20-21H2,1-5H3,(H,37,38)/t23-,26-,31?/m1/s1. The van der Waals surface area contributed by atoms with Gasteiger partial charge in [-0.15, -0.1) is 0 Å². The highest BCUT2D eigenvalue weighted by molar-refractivity contribution is 5.89. The van der Waals surface area contributed by atoms with Crippen molar-refractivity contribution in [1.82, 2.24) is 4.90 Å². The number of carbonyl (C=O) groups excluding carboxylic acids is 1. The smallest absolute Gasteiger partial charge is 0.410 e. The Morgan fingerprint density at radius 2 is 1.71 bits per heavy atom. The van der Waals surface area contributed by atoms with Crippen LogP contribution in [0.15, 0.2) is 84.9 Å². The average molecular weight is 552 g/mol. The fraction of sp³-hybridized carbons (Fsp3) is 0.314. The van der Waals surface area contributed by atoms with E-state index in [2.05, 4.69) is 24.3 Å². The van der Waals surface area contributed by atoms with Crippen LogP contribution in [0.5, 0.6) is 5.75 Å². The molecule has 4 aromatic rings. The molecule has 0 fully saturated rings. The third-order valence-corrected chi connectivity index (χ3v) is 7.75. The quantitative estimate of drug-likeness (QED) is 0.262. The number of ether oxygens (including phenoxy) is 2. The molecule has 1 heterocycles. The Morgan fingerprint density at radius 1 is 1.00 bits per heavy atom. The normalized spacial score (nSPS) is 17.3. The van der Waals surface area contributed by atoms with Gasteiger partial charge in [0, 0.05) is 11.5 Å². The molecule has 1 amide bonds. The summed E-state index contributed by atoms with van der Waals surface area (Å²) >= 11 is 0. The number of carboxylic acids is 1. The second kappa shape index (κ2) is 11.3. The summed E-state index contributed by atoms with van der Waals surface area (Å²) in [6, 6.07) is 27.5. The molecule has 0 spiro atoms. The lowest BCUT2D eigenvalue weighted by Crippen LogP contribution is -2.45. The monoisotopic (exact) mass is 551 g/mol. The first-order valence-electron chi connectivity index (χ1n) is 14.1. The van der Waals surface area contributed by atoms with Gasteiger partial charge >= 0.3 is 12.1 Å². The molecule has 0 radical (unpaired) electrons. The highest BCUT2D eigenvalue weighted by Gasteiger charge is 2.35. The summed E-state index contributed by atoms with van der Waals surface area (Å²) in [5, 5.41) is 12.0. The Hall–Kier alpha value is -4.32. The second-order valence-corrected chi connectivity index (χ2v) is 11.8. The van der Waals surface area contributed by atoms with Gasteiger partial charge in [-0.3, -0.25) is 4.90 Å². The molecule has 0 aromatic heterocycles. The van der Waals surface area contributed by atoms with Crippen molar-refractivity contribution < 1.29 is 24.2 Å². The molecule has 41 heavy (non-hydrogen) atoms. The van der Waals surface area contributed by atoms with E-state index in [-0.39, 0.29) is 18.1 Å². The maximum atomic E-state index is 13.7. The number of hydrogen-bond acceptors (Lipinski definition) is 4. The maximum Gasteiger partial charge on any atom is 0.410 e. The molecule has 0 aliphatic carbocycles. The number of carboxylic acid groups (broad SMARTS) is 1. The number of nitrogens with zero attached hydrogens (tertiary/aromatic N) is 1. The number of aryl methyl sites for hydroxylation is 1. The number of amides is 1. The summed E-state index contributed by atoms with van der Waals surface area (Å²) in [6.45, 7) is 9.74. The molecule has 212 valence electrons. The van der Waals surface area contributed by atoms with Gasteiger partial charge in [0.05, 0.1) is 18.2 Å². The molecule has 5 rings (SSSR count). The first kappa shape index (κ1) is 28.2. The van der Waals surface area contributed by atoms with Crippen molar-refractivity contribution in [3.05, 3.63) is 113 Å². The van der Waals surface area contributed by atoms with Gasteiger partial charge in [0.25, 0.3) is 0 Å². The predicted octanol–water partition coefficient (Wildman–Crippen LogP) is 8.13. The maximum absolute atomic E-state index is 13.7. The number of aromatic carboxylic acids is 1. The van der Waals surface area contributed by atoms with E-state index in [0.29, 0.717) is 18.5 Å². The largest absolute Gasteiger partial charge is 0.488 e. The predicted molar refractivity (Wildman–Crippen MR) is 161 cm³/mol. The van der Waals surface area contributed by atoms with Gasteiger partial charge in [0.1, 0.15) is 17.5 Å². The van der Waals surface area contributed by atoms with Crippen LogP contribution in [-0.2, 0) is 4.74 Å². The van der Waals surface area contributed by atoms with Gasteiger partial charge in [-0.25, -0.2) is 9.59 Å². The molecule has 1 aliphatic rings. The topological polar surface area (TPSA) is 76.1 Å². The van der Waals surface area contributed by atoms with E-state index in [1.165, 1.54) is 0 Å². The Labute approximate surface area is 241 Å². The molecule has 1 unspecified atom stereocenters. The molecule has 3 atom stereocenters. The lowest BCUT2D eigenvalue weighted by atomic mass is 9.83. The summed E-state index contributed by atoms with van der Waals surface area (Å²) in [4.78, 5) is 27.4. The van der Waals surface area contributed by atoms with E-state index in [1.54, 1.807) is 17.9 Å². The Balaban J connectivity index is 1.52. The van der Waals surface area contributed by atoms with E-state index in [9.17, 15) is 14.7 Å². The molecule has 1 N–H and O–H groups in total. The molecule has 6 nitrogen and oxygen atoms in total. The van der Waals surface area contributed by atoms with Crippen molar-refractivity contribution in [1.29, 1.82) is 0 Å². The Bertz CT molecular complexity index is 1580. The van der Waals surface area contributed by atoms with Crippen LogP contribution in [0.2, 0.25) is 0 Å². The fourth-order valence-electron chi connectivity index (χ4n) is 5.72. The molecule has 6 heteroatoms. The van der Waals surface area contributed by atoms with E-state index in [4.69, 9.17) is 9.47 Å². The van der Waals surface area contributed by atoms with Gasteiger partial charge in [0.15, 0.2) is 0 Å². The molecular formula is C35H37NO5. The molecule has 4 aromatic carbocycles. The Morgan fingerprint density at radius 3 is 2.46 bits per heavy atom. The van der Waals surface area contributed by atoms with Crippen molar-refractivity contribution in [2.24, 2.45) is 0 Å². The van der Waals surface area contributed by atoms with Crippen LogP contribution in [-0.4, -0.2) is 40.3 Å². The van der Waals surface area contributed by atoms with Crippen LogP contribution in [0, 0.1) is 6.92 Å². The zero-order chi connectivity index (χ0) is 29.3. The van der Waals surface area contributed by atoms with Gasteiger partial charge in [-0.05, 0) is 80.6 Å². The third kappa shape index (κ3) is 6.07. The number of fused-ring (bicyclic) bond motifs is 2. The number of rotatable bonds is 6. The van der Waals surface area contributed by atoms with Crippen LogP contribution in [0.1, 0.15) is 78.7 Å². The number of benzene rings is 4. The molecule has 0 saturated carbocycles. The highest BCUT2D eigenvalue weighted by Crippen LogP contribution is 2.42. The van der Waals surface area contributed by atoms with Crippen LogP contribution < -0.4 is 4.74 Å². The minimum atomic E-state index is -0.943. The molecule has 0 saturated heterocycles. The van der Waals surface area contributed by atoms with Crippen molar-refractivity contribution in [2.45, 2.75) is 64.7 Å². The second-order valence-electron chi connectivity index (χ2n) is 11.8. The van der Waals surface area contributed by atoms with Gasteiger partial charge in [-0.2, -0.15) is 0 Å². The summed E-state index contributed by atoms with van der Waals surface area (Å²) in [7, 11) is 0. The zero-order valence-corrected chi connectivity index (χ0v) is 24.3. The first-order chi connectivity index (χ1) is 19.5. The summed E-state index contributed by atoms with van der Waals surface area (Å²) in [6.07, 6.45) is -0.157. The lowest BCUT2D eigenvalue weighted by molar-refractivity contribution is 0.00569. The van der Waals surface area contributed by atoms with Gasteiger partial charge < -0.3 is 14.6 Å². The van der Waals surface area contributed by atoms with E-state index in [0.717, 1.165) is 38.8 Å². The highest BCUT2D eigenvalue weighted by atomic mass is 16.6. The average Bonchev–Trinajstić information content (AvgIpc) is 2.94. The zero-order valence-electron chi connectivity index (χ0n) is 24.3. The molecule has 1 aliphatic heterocycles. The van der Waals surface area contributed by atoms with Crippen molar-refractivity contribution in [2.75, 3.05) is 6.54 Å². The van der Waals surface area contributed by atoms with E-state index in [1.807, 2.05) is 82.3 Å². The third-order valence-electron chi connectivity index (χ3n) is 7.75. The van der Waals surface area contributed by atoms with Crippen molar-refractivity contribution in [3.8, 4) is 5.75 Å². The lowest BCUT2D eigenvalue weighted by Gasteiger charge is -2.38. The first-order valence-corrected chi connectivity index (χ1v) is 14.1. The van der Waals surface area contributed by atoms with Crippen molar-refractivity contribution >= 4 is 22.8 Å². The number of carbonyl (C=O) groups is 2. The SMILES string of the molecule is Cc1ccc(C2C[C@H](CN(C(=O)OC(C)(C)C)[C@H](C)c3cccc4ccccc34)Oc3ccccc32)cc1C(=O)O. The number of para-hydroxylation sites is 1. The van der Waals surface area contributed by atoms with Crippen molar-refractivity contribution in [3.63, 3.8) is 0 Å². The molecule has 0 bridgehead atoms. The van der Waals surface area contributed by atoms with Crippen LogP contribution in [0.3, 0.4) is 0 Å².